The van der Waals surface area contributed by atoms with E-state index in [2.05, 4.69) is 36.3 Å². The van der Waals surface area contributed by atoms with E-state index < -0.39 is 0 Å². The Morgan fingerprint density at radius 3 is 2.67 bits per heavy atom. The van der Waals surface area contributed by atoms with Crippen LogP contribution in [0.4, 0.5) is 0 Å². The lowest BCUT2D eigenvalue weighted by atomic mass is 10.0. The summed E-state index contributed by atoms with van der Waals surface area (Å²) in [6.45, 7) is 4.55. The standard InChI is InChI=1S/C15H23ClN2/c1-3-15(12-6-8-13(16)9-7-12)18(2)11-14-5-4-10-17-14/h6-9,14-15,17H,3-5,10-11H2,1-2H3. The molecule has 0 radical (unpaired) electrons. The summed E-state index contributed by atoms with van der Waals surface area (Å²) in [4.78, 5) is 2.46. The van der Waals surface area contributed by atoms with Crippen LogP contribution in [-0.4, -0.2) is 31.1 Å². The molecule has 2 rings (SSSR count). The van der Waals surface area contributed by atoms with Crippen molar-refractivity contribution in [3.63, 3.8) is 0 Å². The average molecular weight is 267 g/mol. The smallest absolute Gasteiger partial charge is 0.0406 e. The van der Waals surface area contributed by atoms with Crippen molar-refractivity contribution < 1.29 is 0 Å². The van der Waals surface area contributed by atoms with Crippen LogP contribution in [0.15, 0.2) is 24.3 Å². The van der Waals surface area contributed by atoms with Crippen LogP contribution in [0.5, 0.6) is 0 Å². The van der Waals surface area contributed by atoms with E-state index in [-0.39, 0.29) is 0 Å². The molecule has 0 spiro atoms. The summed E-state index contributed by atoms with van der Waals surface area (Å²) < 4.78 is 0. The zero-order valence-electron chi connectivity index (χ0n) is 11.3. The van der Waals surface area contributed by atoms with Crippen LogP contribution in [0.2, 0.25) is 5.02 Å². The fourth-order valence-electron chi connectivity index (χ4n) is 2.87. The largest absolute Gasteiger partial charge is 0.313 e. The SMILES string of the molecule is CCC(c1ccc(Cl)cc1)N(C)CC1CCCN1. The Balaban J connectivity index is 2.00. The molecule has 18 heavy (non-hydrogen) atoms. The van der Waals surface area contributed by atoms with Gasteiger partial charge in [0.15, 0.2) is 0 Å². The highest BCUT2D eigenvalue weighted by molar-refractivity contribution is 6.30. The van der Waals surface area contributed by atoms with Gasteiger partial charge in [-0.2, -0.15) is 0 Å². The average Bonchev–Trinajstić information content (AvgIpc) is 2.85. The fraction of sp³-hybridized carbons (Fsp3) is 0.600. The van der Waals surface area contributed by atoms with Crippen LogP contribution >= 0.6 is 11.6 Å². The van der Waals surface area contributed by atoms with Crippen LogP contribution in [0, 0.1) is 0 Å². The molecule has 1 N–H and O–H groups in total. The molecule has 1 aliphatic heterocycles. The quantitative estimate of drug-likeness (QED) is 0.878. The lowest BCUT2D eigenvalue weighted by molar-refractivity contribution is 0.218. The summed E-state index contributed by atoms with van der Waals surface area (Å²) in [5.41, 5.74) is 1.36. The summed E-state index contributed by atoms with van der Waals surface area (Å²) in [5, 5.41) is 4.38. The van der Waals surface area contributed by atoms with Gasteiger partial charge in [-0.05, 0) is 50.6 Å². The second kappa shape index (κ2) is 6.55. The van der Waals surface area contributed by atoms with Crippen molar-refractivity contribution in [1.29, 1.82) is 0 Å². The van der Waals surface area contributed by atoms with Gasteiger partial charge in [-0.25, -0.2) is 0 Å². The molecule has 0 saturated carbocycles. The highest BCUT2D eigenvalue weighted by atomic mass is 35.5. The van der Waals surface area contributed by atoms with Crippen LogP contribution in [-0.2, 0) is 0 Å². The van der Waals surface area contributed by atoms with Gasteiger partial charge in [0.05, 0.1) is 0 Å². The van der Waals surface area contributed by atoms with Gasteiger partial charge < -0.3 is 5.32 Å². The first-order chi connectivity index (χ1) is 8.70. The highest BCUT2D eigenvalue weighted by Gasteiger charge is 2.21. The van der Waals surface area contributed by atoms with Crippen molar-refractivity contribution in [1.82, 2.24) is 10.2 Å². The zero-order chi connectivity index (χ0) is 13.0. The molecular formula is C15H23ClN2. The minimum Gasteiger partial charge on any atom is -0.313 e. The monoisotopic (exact) mass is 266 g/mol. The van der Waals surface area contributed by atoms with Crippen LogP contribution in [0.25, 0.3) is 0 Å². The maximum Gasteiger partial charge on any atom is 0.0406 e. The molecule has 0 aromatic heterocycles. The Labute approximate surface area is 115 Å². The van der Waals surface area contributed by atoms with Gasteiger partial charge in [-0.1, -0.05) is 30.7 Å². The fourth-order valence-corrected chi connectivity index (χ4v) is 3.00. The molecule has 1 fully saturated rings. The molecule has 1 saturated heterocycles. The topological polar surface area (TPSA) is 15.3 Å². The third-order valence-corrected chi connectivity index (χ3v) is 4.10. The number of hydrogen-bond donors (Lipinski definition) is 1. The van der Waals surface area contributed by atoms with Crippen molar-refractivity contribution in [3.05, 3.63) is 34.9 Å². The number of nitrogens with zero attached hydrogens (tertiary/aromatic N) is 1. The molecular weight excluding hydrogens is 244 g/mol. The van der Waals surface area contributed by atoms with Crippen molar-refractivity contribution in [2.24, 2.45) is 0 Å². The van der Waals surface area contributed by atoms with E-state index in [4.69, 9.17) is 11.6 Å². The molecule has 0 amide bonds. The summed E-state index contributed by atoms with van der Waals surface area (Å²) in [7, 11) is 2.22. The second-order valence-corrected chi connectivity index (χ2v) is 5.64. The third kappa shape index (κ3) is 3.47. The normalized spacial score (nSPS) is 21.4. The van der Waals surface area contributed by atoms with Crippen LogP contribution in [0.1, 0.15) is 37.8 Å². The maximum atomic E-state index is 5.95. The van der Waals surface area contributed by atoms with E-state index in [9.17, 15) is 0 Å². The minimum atomic E-state index is 0.490. The highest BCUT2D eigenvalue weighted by Crippen LogP contribution is 2.25. The van der Waals surface area contributed by atoms with E-state index in [1.807, 2.05) is 12.1 Å². The lowest BCUT2D eigenvalue weighted by Crippen LogP contribution is -2.37. The van der Waals surface area contributed by atoms with Gasteiger partial charge in [0, 0.05) is 23.7 Å². The van der Waals surface area contributed by atoms with Gasteiger partial charge in [0.1, 0.15) is 0 Å². The van der Waals surface area contributed by atoms with E-state index >= 15 is 0 Å². The molecule has 2 atom stereocenters. The van der Waals surface area contributed by atoms with Crippen molar-refractivity contribution in [2.75, 3.05) is 20.1 Å². The van der Waals surface area contributed by atoms with Gasteiger partial charge in [0.2, 0.25) is 0 Å². The van der Waals surface area contributed by atoms with Crippen LogP contribution in [0.3, 0.4) is 0 Å². The van der Waals surface area contributed by atoms with Crippen molar-refractivity contribution in [2.45, 2.75) is 38.3 Å². The second-order valence-electron chi connectivity index (χ2n) is 5.21. The van der Waals surface area contributed by atoms with E-state index in [1.54, 1.807) is 0 Å². The molecule has 1 heterocycles. The maximum absolute atomic E-state index is 5.95. The van der Waals surface area contributed by atoms with Gasteiger partial charge >= 0.3 is 0 Å². The molecule has 1 aromatic carbocycles. The molecule has 100 valence electrons. The summed E-state index contributed by atoms with van der Waals surface area (Å²) in [6, 6.07) is 9.42. The number of nitrogens with one attached hydrogen (secondary N) is 1. The first-order valence-corrected chi connectivity index (χ1v) is 7.27. The summed E-state index contributed by atoms with van der Waals surface area (Å²) in [5.74, 6) is 0. The number of rotatable bonds is 5. The third-order valence-electron chi connectivity index (χ3n) is 3.84. The molecule has 3 heteroatoms. The Morgan fingerprint density at radius 1 is 1.39 bits per heavy atom. The first-order valence-electron chi connectivity index (χ1n) is 6.89. The van der Waals surface area contributed by atoms with E-state index in [1.165, 1.54) is 24.9 Å². The Hall–Kier alpha value is -0.570. The number of likely N-dealkylation sites (N-methyl/N-ethyl adjacent to an activating group) is 1. The van der Waals surface area contributed by atoms with E-state index in [0.717, 1.165) is 18.0 Å². The van der Waals surface area contributed by atoms with Gasteiger partial charge in [0.25, 0.3) is 0 Å². The number of benzene rings is 1. The minimum absolute atomic E-state index is 0.490. The molecule has 2 nitrogen and oxygen atoms in total. The zero-order valence-corrected chi connectivity index (χ0v) is 12.1. The Kier molecular flexibility index (Phi) is 5.04. The van der Waals surface area contributed by atoms with E-state index in [0.29, 0.717) is 12.1 Å². The Bertz CT molecular complexity index is 357. The molecule has 2 unspecified atom stereocenters. The molecule has 0 aliphatic carbocycles. The van der Waals surface area contributed by atoms with Crippen LogP contribution < -0.4 is 5.32 Å². The summed E-state index contributed by atoms with van der Waals surface area (Å²) >= 11 is 5.95. The summed E-state index contributed by atoms with van der Waals surface area (Å²) in [6.07, 6.45) is 3.75. The van der Waals surface area contributed by atoms with Crippen molar-refractivity contribution >= 4 is 11.6 Å². The van der Waals surface area contributed by atoms with Crippen molar-refractivity contribution in [3.8, 4) is 0 Å². The number of hydrogen-bond acceptors (Lipinski definition) is 2. The Morgan fingerprint density at radius 2 is 2.11 bits per heavy atom. The van der Waals surface area contributed by atoms with Gasteiger partial charge in [-0.3, -0.25) is 4.90 Å². The predicted octanol–water partition coefficient (Wildman–Crippen LogP) is 3.47. The molecule has 1 aliphatic rings. The lowest BCUT2D eigenvalue weighted by Gasteiger charge is -2.30. The van der Waals surface area contributed by atoms with Gasteiger partial charge in [-0.15, -0.1) is 0 Å². The predicted molar refractivity (Wildman–Crippen MR) is 78.1 cm³/mol. The first kappa shape index (κ1) is 13.9. The molecule has 0 bridgehead atoms. The molecule has 1 aromatic rings. The number of halogens is 1.